The average Bonchev–Trinajstić information content (AvgIpc) is 2.61. The van der Waals surface area contributed by atoms with Crippen molar-refractivity contribution >= 4 is 5.97 Å². The summed E-state index contributed by atoms with van der Waals surface area (Å²) in [5.74, 6) is -2.83. The van der Waals surface area contributed by atoms with E-state index in [9.17, 15) is 13.6 Å². The first kappa shape index (κ1) is 18.7. The van der Waals surface area contributed by atoms with Crippen molar-refractivity contribution in [2.24, 2.45) is 11.8 Å². The van der Waals surface area contributed by atoms with Crippen molar-refractivity contribution < 1.29 is 23.0 Å². The van der Waals surface area contributed by atoms with Crippen LogP contribution in [0.5, 0.6) is 11.5 Å². The summed E-state index contributed by atoms with van der Waals surface area (Å²) in [4.78, 5) is 12.2. The number of ether oxygens (including phenoxy) is 2. The van der Waals surface area contributed by atoms with Crippen LogP contribution in [0, 0.1) is 23.5 Å². The molecule has 0 aliphatic heterocycles. The number of hydrogen-bond acceptors (Lipinski definition) is 3. The molecule has 0 aromatic heterocycles. The lowest BCUT2D eigenvalue weighted by atomic mass is 9.81. The van der Waals surface area contributed by atoms with E-state index in [1.807, 2.05) is 6.92 Å². The molecule has 0 spiro atoms. The fraction of sp³-hybridized carbons (Fsp3) is 0.632. The van der Waals surface area contributed by atoms with Crippen LogP contribution in [0.15, 0.2) is 12.1 Å². The Bertz CT molecular complexity index is 552. The molecular formula is C19H26F2O3. The predicted octanol–water partition coefficient (Wildman–Crippen LogP) is 5.27. The van der Waals surface area contributed by atoms with Crippen LogP contribution < -0.4 is 9.47 Å². The van der Waals surface area contributed by atoms with Gasteiger partial charge in [-0.15, -0.1) is 0 Å². The third kappa shape index (κ3) is 4.68. The minimum atomic E-state index is -1.17. The molecule has 1 aliphatic carbocycles. The summed E-state index contributed by atoms with van der Waals surface area (Å²) in [5.41, 5.74) is 0. The highest BCUT2D eigenvalue weighted by Crippen LogP contribution is 2.33. The monoisotopic (exact) mass is 340 g/mol. The van der Waals surface area contributed by atoms with Crippen LogP contribution in [0.4, 0.5) is 8.78 Å². The molecule has 0 N–H and O–H groups in total. The van der Waals surface area contributed by atoms with Gasteiger partial charge in [-0.2, -0.15) is 8.78 Å². The lowest BCUT2D eigenvalue weighted by Crippen LogP contribution is -2.25. The maximum absolute atomic E-state index is 14.1. The van der Waals surface area contributed by atoms with Gasteiger partial charge in [-0.3, -0.25) is 4.79 Å². The highest BCUT2D eigenvalue weighted by atomic mass is 19.2. The van der Waals surface area contributed by atoms with Gasteiger partial charge in [0.05, 0.1) is 12.5 Å². The Hall–Kier alpha value is -1.65. The second-order valence-corrected chi connectivity index (χ2v) is 6.44. The average molecular weight is 340 g/mol. The van der Waals surface area contributed by atoms with E-state index < -0.39 is 17.6 Å². The molecule has 1 aliphatic rings. The summed E-state index contributed by atoms with van der Waals surface area (Å²) in [6.07, 6.45) is 6.24. The standard InChI is InChI=1S/C19H26F2O3/c1-3-5-12-23-15-10-11-16(18(21)17(15)20)24-19(22)14-8-6-13(4-2)7-9-14/h10-11,13-14H,3-9,12H2,1-2H3. The SMILES string of the molecule is CCCCOc1ccc(OC(=O)C2CCC(CC)CC2)c(F)c1F. The van der Waals surface area contributed by atoms with Crippen LogP contribution in [0.1, 0.15) is 58.8 Å². The number of unbranched alkanes of at least 4 members (excludes halogenated alkanes) is 1. The molecule has 0 atom stereocenters. The van der Waals surface area contributed by atoms with Gasteiger partial charge < -0.3 is 9.47 Å². The van der Waals surface area contributed by atoms with Crippen molar-refractivity contribution in [3.05, 3.63) is 23.8 Å². The number of hydrogen-bond donors (Lipinski definition) is 0. The van der Waals surface area contributed by atoms with Crippen LogP contribution in [-0.2, 0) is 4.79 Å². The van der Waals surface area contributed by atoms with Crippen molar-refractivity contribution in [2.45, 2.75) is 58.8 Å². The molecule has 0 radical (unpaired) electrons. The second-order valence-electron chi connectivity index (χ2n) is 6.44. The summed E-state index contributed by atoms with van der Waals surface area (Å²) < 4.78 is 38.4. The van der Waals surface area contributed by atoms with Crippen LogP contribution in [0.25, 0.3) is 0 Å². The predicted molar refractivity (Wildman–Crippen MR) is 88.1 cm³/mol. The van der Waals surface area contributed by atoms with E-state index in [2.05, 4.69) is 6.92 Å². The number of rotatable bonds is 7. The molecule has 0 heterocycles. The Balaban J connectivity index is 1.97. The molecule has 0 amide bonds. The Morgan fingerprint density at radius 3 is 2.33 bits per heavy atom. The first-order chi connectivity index (χ1) is 11.6. The Morgan fingerprint density at radius 2 is 1.71 bits per heavy atom. The lowest BCUT2D eigenvalue weighted by molar-refractivity contribution is -0.140. The third-order valence-corrected chi connectivity index (χ3v) is 4.73. The molecule has 1 aromatic carbocycles. The van der Waals surface area contributed by atoms with Crippen LogP contribution in [0.2, 0.25) is 0 Å². The van der Waals surface area contributed by atoms with E-state index in [0.717, 1.165) is 44.9 Å². The zero-order valence-electron chi connectivity index (χ0n) is 14.4. The van der Waals surface area contributed by atoms with Gasteiger partial charge in [-0.25, -0.2) is 0 Å². The van der Waals surface area contributed by atoms with Gasteiger partial charge in [0.1, 0.15) is 0 Å². The third-order valence-electron chi connectivity index (χ3n) is 4.73. The molecule has 1 fully saturated rings. The summed E-state index contributed by atoms with van der Waals surface area (Å²) in [6.45, 7) is 4.45. The van der Waals surface area contributed by atoms with Crippen LogP contribution in [0.3, 0.4) is 0 Å². The quantitative estimate of drug-likeness (QED) is 0.385. The molecule has 0 bridgehead atoms. The van der Waals surface area contributed by atoms with E-state index in [0.29, 0.717) is 12.5 Å². The lowest BCUT2D eigenvalue weighted by Gasteiger charge is -2.26. The van der Waals surface area contributed by atoms with E-state index in [-0.39, 0.29) is 17.4 Å². The number of esters is 1. The zero-order valence-corrected chi connectivity index (χ0v) is 14.4. The van der Waals surface area contributed by atoms with Crippen molar-refractivity contribution in [1.29, 1.82) is 0 Å². The normalized spacial score (nSPS) is 20.7. The van der Waals surface area contributed by atoms with Crippen molar-refractivity contribution in [3.8, 4) is 11.5 Å². The molecule has 2 rings (SSSR count). The smallest absolute Gasteiger partial charge is 0.314 e. The van der Waals surface area contributed by atoms with Crippen molar-refractivity contribution in [3.63, 3.8) is 0 Å². The highest BCUT2D eigenvalue weighted by Gasteiger charge is 2.28. The Kier molecular flexibility index (Phi) is 7.00. The number of carbonyl (C=O) groups excluding carboxylic acids is 1. The second kappa shape index (κ2) is 9.00. The zero-order chi connectivity index (χ0) is 17.5. The summed E-state index contributed by atoms with van der Waals surface area (Å²) in [7, 11) is 0. The molecule has 24 heavy (non-hydrogen) atoms. The van der Waals surface area contributed by atoms with Gasteiger partial charge in [0.15, 0.2) is 11.5 Å². The minimum absolute atomic E-state index is 0.149. The molecule has 5 heteroatoms. The number of halogens is 2. The molecule has 0 unspecified atom stereocenters. The first-order valence-electron chi connectivity index (χ1n) is 8.89. The van der Waals surface area contributed by atoms with Crippen LogP contribution in [-0.4, -0.2) is 12.6 Å². The Labute approximate surface area is 142 Å². The van der Waals surface area contributed by atoms with E-state index in [1.165, 1.54) is 12.1 Å². The van der Waals surface area contributed by atoms with Gasteiger partial charge >= 0.3 is 5.97 Å². The van der Waals surface area contributed by atoms with E-state index in [1.54, 1.807) is 0 Å². The van der Waals surface area contributed by atoms with Gasteiger partial charge in [-0.1, -0.05) is 26.7 Å². The number of carbonyl (C=O) groups is 1. The largest absolute Gasteiger partial charge is 0.490 e. The summed E-state index contributed by atoms with van der Waals surface area (Å²) in [5, 5.41) is 0. The van der Waals surface area contributed by atoms with Gasteiger partial charge in [0.25, 0.3) is 0 Å². The maximum atomic E-state index is 14.1. The van der Waals surface area contributed by atoms with Crippen LogP contribution >= 0.6 is 0 Å². The summed E-state index contributed by atoms with van der Waals surface area (Å²) >= 11 is 0. The van der Waals surface area contributed by atoms with E-state index >= 15 is 0 Å². The highest BCUT2D eigenvalue weighted by molar-refractivity contribution is 5.75. The van der Waals surface area contributed by atoms with E-state index in [4.69, 9.17) is 9.47 Å². The van der Waals surface area contributed by atoms with Crippen molar-refractivity contribution in [2.75, 3.05) is 6.61 Å². The molecular weight excluding hydrogens is 314 g/mol. The molecule has 1 aromatic rings. The molecule has 3 nitrogen and oxygen atoms in total. The Morgan fingerprint density at radius 1 is 1.08 bits per heavy atom. The van der Waals surface area contributed by atoms with Gasteiger partial charge in [0.2, 0.25) is 11.6 Å². The fourth-order valence-corrected chi connectivity index (χ4v) is 3.03. The first-order valence-corrected chi connectivity index (χ1v) is 8.89. The number of benzene rings is 1. The summed E-state index contributed by atoms with van der Waals surface area (Å²) in [6, 6.07) is 2.57. The fourth-order valence-electron chi connectivity index (χ4n) is 3.03. The molecule has 1 saturated carbocycles. The van der Waals surface area contributed by atoms with Gasteiger partial charge in [0, 0.05) is 0 Å². The maximum Gasteiger partial charge on any atom is 0.314 e. The van der Waals surface area contributed by atoms with Crippen molar-refractivity contribution in [1.82, 2.24) is 0 Å². The van der Waals surface area contributed by atoms with Gasteiger partial charge in [-0.05, 0) is 50.2 Å². The topological polar surface area (TPSA) is 35.5 Å². The molecule has 134 valence electrons. The minimum Gasteiger partial charge on any atom is -0.490 e. The molecule has 0 saturated heterocycles.